The molecular formula is C14H17F3O2. The van der Waals surface area contributed by atoms with Gasteiger partial charge in [-0.25, -0.2) is 0 Å². The average molecular weight is 274 g/mol. The third-order valence-corrected chi connectivity index (χ3v) is 3.17. The number of halogens is 3. The zero-order valence-corrected chi connectivity index (χ0v) is 10.8. The Morgan fingerprint density at radius 3 is 2.68 bits per heavy atom. The highest BCUT2D eigenvalue weighted by Gasteiger charge is 2.38. The fourth-order valence-electron chi connectivity index (χ4n) is 1.82. The van der Waals surface area contributed by atoms with E-state index < -0.39 is 11.7 Å². The van der Waals surface area contributed by atoms with Crippen LogP contribution in [0.5, 0.6) is 5.75 Å². The molecule has 1 aliphatic heterocycles. The number of rotatable bonds is 6. The van der Waals surface area contributed by atoms with Gasteiger partial charge < -0.3 is 9.47 Å². The summed E-state index contributed by atoms with van der Waals surface area (Å²) in [5.74, 6) is 0.267. The smallest absolute Gasteiger partial charge is 0.416 e. The first kappa shape index (κ1) is 14.2. The van der Waals surface area contributed by atoms with E-state index in [0.717, 1.165) is 38.0 Å². The van der Waals surface area contributed by atoms with E-state index in [1.807, 2.05) is 0 Å². The van der Waals surface area contributed by atoms with E-state index in [9.17, 15) is 13.2 Å². The molecule has 19 heavy (non-hydrogen) atoms. The lowest BCUT2D eigenvalue weighted by Gasteiger charge is -2.10. The van der Waals surface area contributed by atoms with E-state index in [2.05, 4.69) is 6.92 Å². The van der Waals surface area contributed by atoms with Gasteiger partial charge in [0.1, 0.15) is 5.75 Å². The van der Waals surface area contributed by atoms with Crippen LogP contribution in [0.3, 0.4) is 0 Å². The summed E-state index contributed by atoms with van der Waals surface area (Å²) in [6.07, 6.45) is -1.58. The molecule has 0 amide bonds. The third-order valence-electron chi connectivity index (χ3n) is 3.17. The van der Waals surface area contributed by atoms with Crippen LogP contribution in [0.25, 0.3) is 0 Å². The molecular weight excluding hydrogens is 257 g/mol. The van der Waals surface area contributed by atoms with E-state index in [1.165, 1.54) is 6.07 Å². The third kappa shape index (κ3) is 4.42. The summed E-state index contributed by atoms with van der Waals surface area (Å²) in [6, 6.07) is 4.97. The highest BCUT2D eigenvalue weighted by molar-refractivity contribution is 5.30. The van der Waals surface area contributed by atoms with Crippen molar-refractivity contribution in [3.05, 3.63) is 29.8 Å². The standard InChI is InChI=1S/C14H17F3O2/c1-13(10-19-13)7-2-3-8-18-12-6-4-5-11(9-12)14(15,16)17/h4-6,9H,2-3,7-8,10H2,1H3. The van der Waals surface area contributed by atoms with Crippen LogP contribution in [-0.2, 0) is 10.9 Å². The summed E-state index contributed by atoms with van der Waals surface area (Å²) in [6.45, 7) is 3.29. The molecule has 0 spiro atoms. The quantitative estimate of drug-likeness (QED) is 0.576. The second kappa shape index (κ2) is 5.41. The molecule has 1 aliphatic rings. The second-order valence-corrected chi connectivity index (χ2v) is 5.07. The number of unbranched alkanes of at least 4 members (excludes halogenated alkanes) is 1. The molecule has 2 nitrogen and oxygen atoms in total. The van der Waals surface area contributed by atoms with Crippen molar-refractivity contribution in [2.75, 3.05) is 13.2 Å². The van der Waals surface area contributed by atoms with Crippen molar-refractivity contribution in [2.24, 2.45) is 0 Å². The van der Waals surface area contributed by atoms with E-state index in [4.69, 9.17) is 9.47 Å². The summed E-state index contributed by atoms with van der Waals surface area (Å²) < 4.78 is 48.0. The lowest BCUT2D eigenvalue weighted by molar-refractivity contribution is -0.137. The van der Waals surface area contributed by atoms with Crippen LogP contribution in [0, 0.1) is 0 Å². The molecule has 0 radical (unpaired) electrons. The van der Waals surface area contributed by atoms with Gasteiger partial charge in [-0.15, -0.1) is 0 Å². The summed E-state index contributed by atoms with van der Waals surface area (Å²) in [5, 5.41) is 0. The topological polar surface area (TPSA) is 21.8 Å². The van der Waals surface area contributed by atoms with Gasteiger partial charge in [-0.05, 0) is 44.4 Å². The second-order valence-electron chi connectivity index (χ2n) is 5.07. The number of ether oxygens (including phenoxy) is 2. The number of benzene rings is 1. The fraction of sp³-hybridized carbons (Fsp3) is 0.571. The maximum Gasteiger partial charge on any atom is 0.416 e. The Hall–Kier alpha value is -1.23. The molecule has 0 N–H and O–H groups in total. The first-order valence-corrected chi connectivity index (χ1v) is 6.33. The summed E-state index contributed by atoms with van der Waals surface area (Å²) >= 11 is 0. The molecule has 1 saturated heterocycles. The van der Waals surface area contributed by atoms with Crippen LogP contribution in [-0.4, -0.2) is 18.8 Å². The molecule has 1 aromatic carbocycles. The van der Waals surface area contributed by atoms with Crippen LogP contribution in [0.15, 0.2) is 24.3 Å². The summed E-state index contributed by atoms with van der Waals surface area (Å²) in [7, 11) is 0. The summed E-state index contributed by atoms with van der Waals surface area (Å²) in [4.78, 5) is 0. The zero-order chi connectivity index (χ0) is 13.9. The van der Waals surface area contributed by atoms with Gasteiger partial charge in [-0.2, -0.15) is 13.2 Å². The Balaban J connectivity index is 1.73. The van der Waals surface area contributed by atoms with Crippen LogP contribution in [0.4, 0.5) is 13.2 Å². The van der Waals surface area contributed by atoms with Crippen molar-refractivity contribution in [3.8, 4) is 5.75 Å². The monoisotopic (exact) mass is 274 g/mol. The minimum atomic E-state index is -4.32. The van der Waals surface area contributed by atoms with Gasteiger partial charge in [0.25, 0.3) is 0 Å². The van der Waals surface area contributed by atoms with Gasteiger partial charge in [0, 0.05) is 0 Å². The lowest BCUT2D eigenvalue weighted by Crippen LogP contribution is -2.07. The minimum absolute atomic E-state index is 0.0379. The molecule has 106 valence electrons. The minimum Gasteiger partial charge on any atom is -0.494 e. The molecule has 0 bridgehead atoms. The van der Waals surface area contributed by atoms with E-state index in [-0.39, 0.29) is 11.4 Å². The van der Waals surface area contributed by atoms with Gasteiger partial charge in [0.05, 0.1) is 24.4 Å². The van der Waals surface area contributed by atoms with Crippen molar-refractivity contribution in [2.45, 2.75) is 38.0 Å². The van der Waals surface area contributed by atoms with E-state index >= 15 is 0 Å². The first-order valence-electron chi connectivity index (χ1n) is 6.33. The lowest BCUT2D eigenvalue weighted by atomic mass is 10.1. The van der Waals surface area contributed by atoms with Crippen molar-refractivity contribution in [1.82, 2.24) is 0 Å². The molecule has 0 saturated carbocycles. The molecule has 0 aromatic heterocycles. The first-order chi connectivity index (χ1) is 8.89. The normalized spacial score (nSPS) is 22.3. The van der Waals surface area contributed by atoms with Crippen LogP contribution in [0.1, 0.15) is 31.7 Å². The van der Waals surface area contributed by atoms with E-state index in [1.54, 1.807) is 6.07 Å². The van der Waals surface area contributed by atoms with Gasteiger partial charge in [0.2, 0.25) is 0 Å². The Morgan fingerprint density at radius 2 is 2.05 bits per heavy atom. The summed E-state index contributed by atoms with van der Waals surface area (Å²) in [5.41, 5.74) is -0.639. The Kier molecular flexibility index (Phi) is 4.04. The molecule has 5 heteroatoms. The number of epoxide rings is 1. The van der Waals surface area contributed by atoms with Crippen molar-refractivity contribution >= 4 is 0 Å². The van der Waals surface area contributed by atoms with Crippen LogP contribution < -0.4 is 4.74 Å². The van der Waals surface area contributed by atoms with Crippen molar-refractivity contribution in [1.29, 1.82) is 0 Å². The Bertz CT molecular complexity index is 425. The predicted octanol–water partition coefficient (Wildman–Crippen LogP) is 4.04. The molecule has 1 atom stereocenters. The van der Waals surface area contributed by atoms with Crippen LogP contribution >= 0.6 is 0 Å². The fourth-order valence-corrected chi connectivity index (χ4v) is 1.82. The van der Waals surface area contributed by atoms with Crippen molar-refractivity contribution < 1.29 is 22.6 Å². The molecule has 1 fully saturated rings. The van der Waals surface area contributed by atoms with E-state index in [0.29, 0.717) is 6.61 Å². The van der Waals surface area contributed by atoms with Gasteiger partial charge in [0.15, 0.2) is 0 Å². The predicted molar refractivity (Wildman–Crippen MR) is 65.1 cm³/mol. The van der Waals surface area contributed by atoms with Gasteiger partial charge in [-0.1, -0.05) is 6.07 Å². The highest BCUT2D eigenvalue weighted by atomic mass is 19.4. The molecule has 0 aliphatic carbocycles. The number of alkyl halides is 3. The molecule has 1 unspecified atom stereocenters. The van der Waals surface area contributed by atoms with Gasteiger partial charge in [-0.3, -0.25) is 0 Å². The number of hydrogen-bond donors (Lipinski definition) is 0. The largest absolute Gasteiger partial charge is 0.494 e. The SMILES string of the molecule is CC1(CCCCOc2cccc(C(F)(F)F)c2)CO1. The molecule has 1 heterocycles. The average Bonchev–Trinajstić information content (AvgIpc) is 3.06. The highest BCUT2D eigenvalue weighted by Crippen LogP contribution is 2.32. The Morgan fingerprint density at radius 1 is 1.32 bits per heavy atom. The molecule has 2 rings (SSSR count). The van der Waals surface area contributed by atoms with Gasteiger partial charge >= 0.3 is 6.18 Å². The van der Waals surface area contributed by atoms with Crippen LogP contribution in [0.2, 0.25) is 0 Å². The zero-order valence-electron chi connectivity index (χ0n) is 10.8. The Labute approximate surface area is 110 Å². The molecule has 1 aromatic rings. The maximum absolute atomic E-state index is 12.5. The van der Waals surface area contributed by atoms with Crippen molar-refractivity contribution in [3.63, 3.8) is 0 Å². The maximum atomic E-state index is 12.5. The number of hydrogen-bond acceptors (Lipinski definition) is 2.